The summed E-state index contributed by atoms with van der Waals surface area (Å²) in [7, 11) is 0. The minimum atomic E-state index is -0.117. The molecule has 0 radical (unpaired) electrons. The van der Waals surface area contributed by atoms with Crippen molar-refractivity contribution in [2.24, 2.45) is 5.92 Å². The van der Waals surface area contributed by atoms with Gasteiger partial charge in [-0.1, -0.05) is 30.7 Å². The Morgan fingerprint density at radius 3 is 2.63 bits per heavy atom. The van der Waals surface area contributed by atoms with Crippen molar-refractivity contribution in [1.82, 2.24) is 19.9 Å². The molecule has 0 bridgehead atoms. The second kappa shape index (κ2) is 10.8. The van der Waals surface area contributed by atoms with E-state index in [0.717, 1.165) is 58.9 Å². The Bertz CT molecular complexity index is 1400. The molecule has 2 fully saturated rings. The quantitative estimate of drug-likeness (QED) is 0.285. The van der Waals surface area contributed by atoms with Crippen LogP contribution in [0.4, 0.5) is 11.4 Å². The zero-order valence-electron chi connectivity index (χ0n) is 21.4. The molecule has 194 valence electrons. The van der Waals surface area contributed by atoms with Crippen LogP contribution in [0.1, 0.15) is 48.8 Å². The highest BCUT2D eigenvalue weighted by Gasteiger charge is 2.42. The van der Waals surface area contributed by atoms with E-state index in [1.54, 1.807) is 6.20 Å². The zero-order chi connectivity index (χ0) is 26.1. The van der Waals surface area contributed by atoms with Gasteiger partial charge in [0.2, 0.25) is 0 Å². The summed E-state index contributed by atoms with van der Waals surface area (Å²) in [5.74, 6) is 0.768. The number of aromatic nitrogens is 3. The van der Waals surface area contributed by atoms with E-state index in [1.807, 2.05) is 30.6 Å². The molecule has 2 aliphatic rings. The van der Waals surface area contributed by atoms with Crippen molar-refractivity contribution < 1.29 is 0 Å². The maximum absolute atomic E-state index is 6.93. The topological polar surface area (TPSA) is 49.2 Å². The van der Waals surface area contributed by atoms with E-state index in [0.29, 0.717) is 5.11 Å². The Morgan fingerprint density at radius 1 is 1.03 bits per heavy atom. The number of hydrogen-bond acceptors (Lipinski definition) is 4. The predicted octanol–water partition coefficient (Wildman–Crippen LogP) is 6.39. The Kier molecular flexibility index (Phi) is 7.04. The van der Waals surface area contributed by atoms with Crippen LogP contribution >= 0.6 is 23.8 Å². The third-order valence-electron chi connectivity index (χ3n) is 7.68. The number of thiocarbonyl (C=S) groups is 1. The van der Waals surface area contributed by atoms with Crippen molar-refractivity contribution in [2.45, 2.75) is 38.4 Å². The lowest BCUT2D eigenvalue weighted by atomic mass is 9.98. The number of rotatable bonds is 6. The molecule has 1 N–H and O–H groups in total. The van der Waals surface area contributed by atoms with E-state index < -0.39 is 0 Å². The van der Waals surface area contributed by atoms with Gasteiger partial charge in [0.1, 0.15) is 6.04 Å². The fraction of sp³-hybridized carbons (Fsp3) is 0.300. The Morgan fingerprint density at radius 2 is 1.89 bits per heavy atom. The van der Waals surface area contributed by atoms with E-state index in [-0.39, 0.29) is 12.1 Å². The van der Waals surface area contributed by atoms with Gasteiger partial charge in [0.05, 0.1) is 22.4 Å². The van der Waals surface area contributed by atoms with E-state index in [4.69, 9.17) is 28.8 Å². The van der Waals surface area contributed by atoms with E-state index in [9.17, 15) is 0 Å². The first-order valence-corrected chi connectivity index (χ1v) is 14.0. The first-order valence-electron chi connectivity index (χ1n) is 13.2. The van der Waals surface area contributed by atoms with Gasteiger partial charge in [0, 0.05) is 55.8 Å². The first-order chi connectivity index (χ1) is 18.6. The number of anilines is 2. The van der Waals surface area contributed by atoms with Crippen LogP contribution in [0.15, 0.2) is 85.5 Å². The van der Waals surface area contributed by atoms with Crippen molar-refractivity contribution in [3.8, 4) is 0 Å². The van der Waals surface area contributed by atoms with Gasteiger partial charge in [0.15, 0.2) is 5.11 Å². The van der Waals surface area contributed by atoms with Gasteiger partial charge in [0.25, 0.3) is 0 Å². The van der Waals surface area contributed by atoms with Crippen molar-refractivity contribution in [1.29, 1.82) is 0 Å². The second-order valence-electron chi connectivity index (χ2n) is 10.2. The average molecular weight is 543 g/mol. The molecule has 2 saturated heterocycles. The summed E-state index contributed by atoms with van der Waals surface area (Å²) in [6, 6.07) is 20.5. The molecule has 8 heteroatoms. The van der Waals surface area contributed by atoms with Crippen LogP contribution in [0.2, 0.25) is 5.02 Å². The molecule has 3 aromatic heterocycles. The van der Waals surface area contributed by atoms with Crippen LogP contribution in [0, 0.1) is 5.92 Å². The molecule has 2 atom stereocenters. The minimum absolute atomic E-state index is 0.109. The normalized spacial score (nSPS) is 20.1. The summed E-state index contributed by atoms with van der Waals surface area (Å²) >= 11 is 12.9. The van der Waals surface area contributed by atoms with Gasteiger partial charge in [-0.15, -0.1) is 0 Å². The smallest absolute Gasteiger partial charge is 0.174 e. The Labute approximate surface area is 234 Å². The van der Waals surface area contributed by atoms with Gasteiger partial charge in [-0.05, 0) is 85.1 Å². The summed E-state index contributed by atoms with van der Waals surface area (Å²) < 4.78 is 2.27. The third-order valence-corrected chi connectivity index (χ3v) is 8.29. The molecule has 2 aliphatic heterocycles. The minimum Gasteiger partial charge on any atom is -0.370 e. The Balaban J connectivity index is 1.38. The highest BCUT2D eigenvalue weighted by atomic mass is 35.5. The van der Waals surface area contributed by atoms with Gasteiger partial charge in [-0.2, -0.15) is 0 Å². The van der Waals surface area contributed by atoms with Crippen LogP contribution in [-0.4, -0.2) is 32.7 Å². The molecule has 0 amide bonds. The van der Waals surface area contributed by atoms with Gasteiger partial charge >= 0.3 is 0 Å². The molecule has 0 spiro atoms. The molecule has 6 rings (SSSR count). The first kappa shape index (κ1) is 24.9. The summed E-state index contributed by atoms with van der Waals surface area (Å²) in [6.45, 7) is 5.12. The number of pyridine rings is 2. The fourth-order valence-electron chi connectivity index (χ4n) is 5.61. The summed E-state index contributed by atoms with van der Waals surface area (Å²) in [4.78, 5) is 13.6. The molecule has 4 aromatic rings. The average Bonchev–Trinajstić information content (AvgIpc) is 3.53. The van der Waals surface area contributed by atoms with E-state index in [1.165, 1.54) is 12.8 Å². The monoisotopic (exact) mass is 542 g/mol. The predicted molar refractivity (Wildman–Crippen MR) is 158 cm³/mol. The number of hydrogen-bond donors (Lipinski definition) is 1. The lowest BCUT2D eigenvalue weighted by Crippen LogP contribution is -2.33. The summed E-state index contributed by atoms with van der Waals surface area (Å²) in [5.41, 5.74) is 5.30. The van der Waals surface area contributed by atoms with Crippen molar-refractivity contribution in [2.75, 3.05) is 22.9 Å². The van der Waals surface area contributed by atoms with Crippen LogP contribution in [0.3, 0.4) is 0 Å². The Hall–Kier alpha value is -3.42. The molecule has 5 heterocycles. The van der Waals surface area contributed by atoms with Gasteiger partial charge in [-0.25, -0.2) is 0 Å². The van der Waals surface area contributed by atoms with Gasteiger partial charge < -0.3 is 19.7 Å². The lowest BCUT2D eigenvalue weighted by Gasteiger charge is -2.33. The fourth-order valence-corrected chi connectivity index (χ4v) is 6.25. The molecule has 2 unspecified atom stereocenters. The lowest BCUT2D eigenvalue weighted by molar-refractivity contribution is 0.438. The highest BCUT2D eigenvalue weighted by Crippen LogP contribution is 2.43. The molecule has 38 heavy (non-hydrogen) atoms. The van der Waals surface area contributed by atoms with Crippen molar-refractivity contribution in [3.63, 3.8) is 0 Å². The third kappa shape index (κ3) is 4.88. The molecule has 0 saturated carbocycles. The largest absolute Gasteiger partial charge is 0.370 e. The molecular formula is C30H31ClN6S. The van der Waals surface area contributed by atoms with Crippen LogP contribution < -0.4 is 15.1 Å². The standard InChI is InChI=1S/C30H31ClN6S/c1-21-11-16-35(17-12-21)26-10-9-23(18-24(26)31)37-29(28(34-30(37)38)25-7-2-3-14-33-25)27-8-5-15-36(27)20-22-6-4-13-32-19-22/h2-10,13-15,18-19,21,28-29H,11-12,16-17,20H2,1H3,(H,34,38). The molecule has 6 nitrogen and oxygen atoms in total. The van der Waals surface area contributed by atoms with Crippen molar-refractivity contribution in [3.05, 3.63) is 107 Å². The summed E-state index contributed by atoms with van der Waals surface area (Å²) in [6.07, 6.45) is 10.1. The number of halogens is 1. The van der Waals surface area contributed by atoms with E-state index in [2.05, 4.69) is 80.3 Å². The van der Waals surface area contributed by atoms with Crippen LogP contribution in [0.25, 0.3) is 0 Å². The second-order valence-corrected chi connectivity index (χ2v) is 11.0. The SMILES string of the molecule is CC1CCN(c2ccc(N3C(=S)NC(c4ccccn4)C3c3cccn3Cc3cccnc3)cc2Cl)CC1. The number of nitrogens with zero attached hydrogens (tertiary/aromatic N) is 5. The summed E-state index contributed by atoms with van der Waals surface area (Å²) in [5, 5.41) is 4.98. The maximum Gasteiger partial charge on any atom is 0.174 e. The number of piperidine rings is 1. The highest BCUT2D eigenvalue weighted by molar-refractivity contribution is 7.80. The molecular weight excluding hydrogens is 512 g/mol. The number of benzene rings is 1. The molecule has 1 aromatic carbocycles. The van der Waals surface area contributed by atoms with Crippen LogP contribution in [-0.2, 0) is 6.54 Å². The zero-order valence-corrected chi connectivity index (χ0v) is 22.9. The van der Waals surface area contributed by atoms with Gasteiger partial charge in [-0.3, -0.25) is 9.97 Å². The van der Waals surface area contributed by atoms with Crippen molar-refractivity contribution >= 4 is 40.3 Å². The molecule has 0 aliphatic carbocycles. The number of nitrogens with one attached hydrogen (secondary N) is 1. The van der Waals surface area contributed by atoms with E-state index >= 15 is 0 Å². The van der Waals surface area contributed by atoms with Crippen LogP contribution in [0.5, 0.6) is 0 Å². The maximum atomic E-state index is 6.93.